The van der Waals surface area contributed by atoms with Crippen molar-refractivity contribution in [2.75, 3.05) is 33.7 Å². The van der Waals surface area contributed by atoms with Crippen LogP contribution < -0.4 is 10.6 Å². The molecular weight excluding hydrogens is 202 g/mol. The average Bonchev–Trinajstić information content (AvgIpc) is 3.03. The largest absolute Gasteiger partial charge is 0.353 e. The minimum absolute atomic E-state index is 0.0713. The summed E-state index contributed by atoms with van der Waals surface area (Å²) in [6.45, 7) is 3.03. The molecule has 0 aromatic carbocycles. The summed E-state index contributed by atoms with van der Waals surface area (Å²) in [5.74, 6) is 0.274. The van der Waals surface area contributed by atoms with Gasteiger partial charge in [0.25, 0.3) is 0 Å². The number of piperidine rings is 1. The molecule has 1 aliphatic carbocycles. The van der Waals surface area contributed by atoms with Crippen LogP contribution in [0.1, 0.15) is 25.7 Å². The van der Waals surface area contributed by atoms with Crippen LogP contribution in [0.2, 0.25) is 0 Å². The molecule has 2 rings (SSSR count). The van der Waals surface area contributed by atoms with Gasteiger partial charge in [-0.15, -0.1) is 0 Å². The maximum Gasteiger partial charge on any atom is 0.227 e. The van der Waals surface area contributed by atoms with Gasteiger partial charge in [-0.1, -0.05) is 0 Å². The molecule has 2 N–H and O–H groups in total. The van der Waals surface area contributed by atoms with E-state index in [1.807, 2.05) is 7.05 Å². The van der Waals surface area contributed by atoms with Crippen LogP contribution in [-0.2, 0) is 4.79 Å². The van der Waals surface area contributed by atoms with Crippen LogP contribution in [-0.4, -0.2) is 50.6 Å². The minimum atomic E-state index is -0.0713. The van der Waals surface area contributed by atoms with E-state index in [9.17, 15) is 4.79 Å². The third-order valence-electron chi connectivity index (χ3n) is 3.90. The molecule has 0 bridgehead atoms. The van der Waals surface area contributed by atoms with Gasteiger partial charge in [-0.25, -0.2) is 0 Å². The topological polar surface area (TPSA) is 44.4 Å². The molecule has 1 saturated carbocycles. The Morgan fingerprint density at radius 2 is 2.00 bits per heavy atom. The van der Waals surface area contributed by atoms with E-state index < -0.39 is 0 Å². The van der Waals surface area contributed by atoms with Crippen molar-refractivity contribution in [3.63, 3.8) is 0 Å². The third kappa shape index (κ3) is 2.55. The highest BCUT2D eigenvalue weighted by Crippen LogP contribution is 2.45. The van der Waals surface area contributed by atoms with Crippen LogP contribution in [0.4, 0.5) is 0 Å². The highest BCUT2D eigenvalue weighted by molar-refractivity contribution is 5.85. The predicted molar refractivity (Wildman–Crippen MR) is 64.3 cm³/mol. The Morgan fingerprint density at radius 3 is 2.50 bits per heavy atom. The van der Waals surface area contributed by atoms with Gasteiger partial charge < -0.3 is 15.5 Å². The van der Waals surface area contributed by atoms with Crippen molar-refractivity contribution in [1.29, 1.82) is 0 Å². The second-order valence-electron chi connectivity index (χ2n) is 5.36. The lowest BCUT2D eigenvalue weighted by Crippen LogP contribution is -2.47. The summed E-state index contributed by atoms with van der Waals surface area (Å²) >= 11 is 0. The molecule has 4 heteroatoms. The van der Waals surface area contributed by atoms with Gasteiger partial charge in [0, 0.05) is 12.6 Å². The fraction of sp³-hybridized carbons (Fsp3) is 0.917. The first-order chi connectivity index (χ1) is 7.66. The molecule has 2 fully saturated rings. The molecule has 1 aliphatic heterocycles. The molecule has 16 heavy (non-hydrogen) atoms. The van der Waals surface area contributed by atoms with E-state index in [2.05, 4.69) is 22.6 Å². The molecule has 4 nitrogen and oxygen atoms in total. The molecule has 1 saturated heterocycles. The van der Waals surface area contributed by atoms with Crippen LogP contribution in [0, 0.1) is 5.41 Å². The normalized spacial score (nSPS) is 25.4. The molecule has 2 aliphatic rings. The second-order valence-corrected chi connectivity index (χ2v) is 5.36. The Morgan fingerprint density at radius 1 is 1.38 bits per heavy atom. The number of nitrogens with one attached hydrogen (secondary N) is 2. The molecule has 0 spiro atoms. The number of amides is 1. The van der Waals surface area contributed by atoms with Gasteiger partial charge in [0.1, 0.15) is 0 Å². The highest BCUT2D eigenvalue weighted by atomic mass is 16.2. The first-order valence-corrected chi connectivity index (χ1v) is 6.30. The van der Waals surface area contributed by atoms with Gasteiger partial charge in [-0.3, -0.25) is 4.79 Å². The molecule has 0 aromatic heterocycles. The summed E-state index contributed by atoms with van der Waals surface area (Å²) in [4.78, 5) is 14.4. The maximum absolute atomic E-state index is 12.1. The Balaban J connectivity index is 1.79. The van der Waals surface area contributed by atoms with Gasteiger partial charge in [-0.05, 0) is 52.9 Å². The molecule has 0 radical (unpaired) electrons. The number of likely N-dealkylation sites (tertiary alicyclic amines) is 1. The summed E-state index contributed by atoms with van der Waals surface area (Å²) in [5.41, 5.74) is -0.0713. The Labute approximate surface area is 97.8 Å². The lowest BCUT2D eigenvalue weighted by molar-refractivity contribution is -0.127. The van der Waals surface area contributed by atoms with Crippen molar-refractivity contribution < 1.29 is 4.79 Å². The van der Waals surface area contributed by atoms with E-state index in [-0.39, 0.29) is 11.3 Å². The summed E-state index contributed by atoms with van der Waals surface area (Å²) in [6, 6.07) is 0.401. The van der Waals surface area contributed by atoms with Gasteiger partial charge >= 0.3 is 0 Å². The number of hydrogen-bond acceptors (Lipinski definition) is 3. The number of hydrogen-bond donors (Lipinski definition) is 2. The van der Waals surface area contributed by atoms with Gasteiger partial charge in [0.15, 0.2) is 0 Å². The van der Waals surface area contributed by atoms with Crippen molar-refractivity contribution >= 4 is 5.91 Å². The van der Waals surface area contributed by atoms with Crippen LogP contribution in [0.15, 0.2) is 0 Å². The molecular formula is C12H23N3O. The maximum atomic E-state index is 12.1. The summed E-state index contributed by atoms with van der Waals surface area (Å²) < 4.78 is 0. The van der Waals surface area contributed by atoms with E-state index in [1.165, 1.54) is 0 Å². The number of rotatable bonds is 4. The molecule has 1 heterocycles. The SMILES string of the molecule is CNCC1(C(=O)NC2CCN(C)CC2)CC1. The number of nitrogens with zero attached hydrogens (tertiary/aromatic N) is 1. The van der Waals surface area contributed by atoms with Crippen molar-refractivity contribution in [3.8, 4) is 0 Å². The zero-order chi connectivity index (χ0) is 11.6. The van der Waals surface area contributed by atoms with Gasteiger partial charge in [0.05, 0.1) is 5.41 Å². The molecule has 92 valence electrons. The zero-order valence-electron chi connectivity index (χ0n) is 10.4. The van der Waals surface area contributed by atoms with Gasteiger partial charge in [-0.2, -0.15) is 0 Å². The minimum Gasteiger partial charge on any atom is -0.353 e. The lowest BCUT2D eigenvalue weighted by atomic mass is 10.0. The summed E-state index contributed by atoms with van der Waals surface area (Å²) in [7, 11) is 4.06. The molecule has 0 atom stereocenters. The van der Waals surface area contributed by atoms with E-state index in [4.69, 9.17) is 0 Å². The van der Waals surface area contributed by atoms with Crippen molar-refractivity contribution in [3.05, 3.63) is 0 Å². The number of carbonyl (C=O) groups excluding carboxylic acids is 1. The Kier molecular flexibility index (Phi) is 3.50. The smallest absolute Gasteiger partial charge is 0.227 e. The fourth-order valence-corrected chi connectivity index (χ4v) is 2.46. The zero-order valence-corrected chi connectivity index (χ0v) is 10.4. The number of carbonyl (C=O) groups is 1. The van der Waals surface area contributed by atoms with Crippen molar-refractivity contribution in [1.82, 2.24) is 15.5 Å². The van der Waals surface area contributed by atoms with Crippen molar-refractivity contribution in [2.45, 2.75) is 31.7 Å². The standard InChI is InChI=1S/C12H23N3O/c1-13-9-12(5-6-12)11(16)14-10-3-7-15(2)8-4-10/h10,13H,3-9H2,1-2H3,(H,14,16). The van der Waals surface area contributed by atoms with Gasteiger partial charge in [0.2, 0.25) is 5.91 Å². The van der Waals surface area contributed by atoms with Crippen LogP contribution in [0.25, 0.3) is 0 Å². The third-order valence-corrected chi connectivity index (χ3v) is 3.90. The summed E-state index contributed by atoms with van der Waals surface area (Å²) in [5, 5.41) is 6.35. The Hall–Kier alpha value is -0.610. The van der Waals surface area contributed by atoms with E-state index in [0.717, 1.165) is 45.3 Å². The summed E-state index contributed by atoms with van der Waals surface area (Å²) in [6.07, 6.45) is 4.29. The highest BCUT2D eigenvalue weighted by Gasteiger charge is 2.49. The lowest BCUT2D eigenvalue weighted by Gasteiger charge is -2.30. The molecule has 0 unspecified atom stereocenters. The molecule has 0 aromatic rings. The second kappa shape index (κ2) is 4.72. The quantitative estimate of drug-likeness (QED) is 0.718. The van der Waals surface area contributed by atoms with Crippen molar-refractivity contribution in [2.24, 2.45) is 5.41 Å². The average molecular weight is 225 g/mol. The van der Waals surface area contributed by atoms with Crippen LogP contribution in [0.5, 0.6) is 0 Å². The van der Waals surface area contributed by atoms with E-state index in [1.54, 1.807) is 0 Å². The molecule has 1 amide bonds. The predicted octanol–water partition coefficient (Wildman–Crippen LogP) is 0.196. The fourth-order valence-electron chi connectivity index (χ4n) is 2.46. The van der Waals surface area contributed by atoms with E-state index in [0.29, 0.717) is 6.04 Å². The van der Waals surface area contributed by atoms with E-state index >= 15 is 0 Å². The Bertz CT molecular complexity index is 255. The van der Waals surface area contributed by atoms with Crippen LogP contribution >= 0.6 is 0 Å². The van der Waals surface area contributed by atoms with Crippen LogP contribution in [0.3, 0.4) is 0 Å². The first kappa shape index (κ1) is 11.9. The first-order valence-electron chi connectivity index (χ1n) is 6.30. The monoisotopic (exact) mass is 225 g/mol.